The molecular formula is C18H19Cl3NNbOS-. The molecule has 2 aromatic rings. The topological polar surface area (TPSA) is 12.5 Å². The second kappa shape index (κ2) is 11.6. The first-order valence-corrected chi connectivity index (χ1v) is 11.1. The van der Waals surface area contributed by atoms with Crippen molar-refractivity contribution in [3.05, 3.63) is 51.5 Å². The molecule has 0 radical (unpaired) electrons. The summed E-state index contributed by atoms with van der Waals surface area (Å²) < 4.78 is 6.99. The van der Waals surface area contributed by atoms with E-state index >= 15 is 0 Å². The van der Waals surface area contributed by atoms with Crippen LogP contribution in [0.3, 0.4) is 0 Å². The summed E-state index contributed by atoms with van der Waals surface area (Å²) in [5.41, 5.74) is 0.910. The maximum absolute atomic E-state index is 6.36. The van der Waals surface area contributed by atoms with Crippen LogP contribution in [0.25, 0.3) is 0 Å². The van der Waals surface area contributed by atoms with Crippen molar-refractivity contribution in [2.24, 2.45) is 0 Å². The molecule has 2 nitrogen and oxygen atoms in total. The van der Waals surface area contributed by atoms with E-state index in [0.717, 1.165) is 12.2 Å². The molecule has 0 aliphatic carbocycles. The Labute approximate surface area is 181 Å². The molecule has 2 aromatic carbocycles. The summed E-state index contributed by atoms with van der Waals surface area (Å²) in [6.45, 7) is 6.93. The molecule has 0 aromatic heterocycles. The minimum absolute atomic E-state index is 0.359. The Hall–Kier alpha value is -0.130. The molecule has 0 bridgehead atoms. The number of nitrogens with zero attached hydrogens (tertiary/aromatic N) is 1. The molecule has 0 unspecified atom stereocenters. The van der Waals surface area contributed by atoms with E-state index in [2.05, 4.69) is 24.1 Å². The summed E-state index contributed by atoms with van der Waals surface area (Å²) in [5.74, 6) is 0.950. The van der Waals surface area contributed by atoms with Crippen molar-refractivity contribution in [1.29, 1.82) is 0 Å². The van der Waals surface area contributed by atoms with Gasteiger partial charge in [0.05, 0.1) is 0 Å². The van der Waals surface area contributed by atoms with Crippen LogP contribution in [0.4, 0.5) is 5.69 Å². The molecule has 0 aliphatic heterocycles. The number of rotatable bonds is 6. The Bertz CT molecular complexity index is 727. The van der Waals surface area contributed by atoms with Crippen LogP contribution in [0.15, 0.2) is 30.3 Å². The Morgan fingerprint density at radius 3 is 2.44 bits per heavy atom. The number of thioether (sulfide) groups is 1. The standard InChI is InChI=1S/C16H13Cl3NOS.C2H6.Nb/c1-3-20(10-22-2)11-7-8-14(13(18)9-11)21-15-6-4-5-12(17)16(15)19;1-2;/h4-6,8-9H,3H2,1-2H3;1-2H3;/q-1;;. The zero-order chi connectivity index (χ0) is 19.0. The average molecular weight is 497 g/mol. The van der Waals surface area contributed by atoms with Crippen LogP contribution in [-0.2, 0) is 20.6 Å². The Kier molecular flexibility index (Phi) is 10.6. The molecule has 0 fully saturated rings. The fourth-order valence-electron chi connectivity index (χ4n) is 1.88. The monoisotopic (exact) mass is 495 g/mol. The van der Waals surface area contributed by atoms with Gasteiger partial charge >= 0.3 is 168 Å². The van der Waals surface area contributed by atoms with Gasteiger partial charge < -0.3 is 0 Å². The molecule has 0 atom stereocenters. The number of benzene rings is 2. The van der Waals surface area contributed by atoms with Crippen molar-refractivity contribution in [3.8, 4) is 11.5 Å². The van der Waals surface area contributed by atoms with Gasteiger partial charge in [0.2, 0.25) is 0 Å². The summed E-state index contributed by atoms with van der Waals surface area (Å²) in [7, 11) is 0. The van der Waals surface area contributed by atoms with Gasteiger partial charge in [-0.2, -0.15) is 0 Å². The number of halogens is 3. The van der Waals surface area contributed by atoms with E-state index in [1.165, 1.54) is 3.18 Å². The van der Waals surface area contributed by atoms with Gasteiger partial charge in [0.1, 0.15) is 0 Å². The summed E-state index contributed by atoms with van der Waals surface area (Å²) in [6, 6.07) is 12.0. The van der Waals surface area contributed by atoms with Crippen LogP contribution in [0.5, 0.6) is 11.5 Å². The minimum atomic E-state index is 0.359. The van der Waals surface area contributed by atoms with Gasteiger partial charge in [-0.15, -0.1) is 0 Å². The second-order valence-electron chi connectivity index (χ2n) is 4.42. The maximum atomic E-state index is 6.36. The Morgan fingerprint density at radius 2 is 1.88 bits per heavy atom. The quantitative estimate of drug-likeness (QED) is 0.313. The normalized spacial score (nSPS) is 9.84. The SMILES string of the molecule is CC.CCN([C](=[Nb])SC)c1[c-]cc(Oc2cccc(Cl)c2Cl)c(Cl)c1. The molecule has 7 heteroatoms. The van der Waals surface area contributed by atoms with Gasteiger partial charge in [-0.05, 0) is 0 Å². The molecule has 2 rings (SSSR count). The fraction of sp³-hybridized carbons (Fsp3) is 0.278. The third kappa shape index (κ3) is 6.21. The zero-order valence-electron chi connectivity index (χ0n) is 14.4. The summed E-state index contributed by atoms with van der Waals surface area (Å²) in [5, 5.41) is 1.29. The summed E-state index contributed by atoms with van der Waals surface area (Å²) in [6.07, 6.45) is 2.05. The number of hydrogen-bond donors (Lipinski definition) is 0. The van der Waals surface area contributed by atoms with Crippen LogP contribution in [0, 0.1) is 6.07 Å². The van der Waals surface area contributed by atoms with Crippen molar-refractivity contribution in [3.63, 3.8) is 0 Å². The number of hydrogen-bond acceptors (Lipinski definition) is 3. The van der Waals surface area contributed by atoms with E-state index in [1.54, 1.807) is 56.6 Å². The number of ether oxygens (including phenoxy) is 1. The zero-order valence-corrected chi connectivity index (χ0v) is 19.7. The van der Waals surface area contributed by atoms with Crippen molar-refractivity contribution >= 4 is 55.4 Å². The van der Waals surface area contributed by atoms with Gasteiger partial charge in [-0.3, -0.25) is 0 Å². The van der Waals surface area contributed by atoms with Crippen LogP contribution in [0.2, 0.25) is 15.1 Å². The van der Waals surface area contributed by atoms with E-state index in [9.17, 15) is 0 Å². The van der Waals surface area contributed by atoms with Gasteiger partial charge in [-0.25, -0.2) is 0 Å². The first-order valence-electron chi connectivity index (χ1n) is 7.68. The van der Waals surface area contributed by atoms with Crippen LogP contribution >= 0.6 is 46.6 Å². The van der Waals surface area contributed by atoms with Crippen molar-refractivity contribution < 1.29 is 25.3 Å². The van der Waals surface area contributed by atoms with Crippen molar-refractivity contribution in [1.82, 2.24) is 0 Å². The molecule has 0 N–H and O–H groups in total. The molecule has 135 valence electrons. The predicted octanol–water partition coefficient (Wildman–Crippen LogP) is 7.09. The molecular weight excluding hydrogens is 478 g/mol. The molecule has 25 heavy (non-hydrogen) atoms. The molecule has 0 saturated carbocycles. The molecule has 0 spiro atoms. The first-order chi connectivity index (χ1) is 12.0. The summed E-state index contributed by atoms with van der Waals surface area (Å²) in [4.78, 5) is 2.15. The van der Waals surface area contributed by atoms with Gasteiger partial charge in [0.15, 0.2) is 0 Å². The van der Waals surface area contributed by atoms with Crippen LogP contribution in [0.1, 0.15) is 20.8 Å². The average Bonchev–Trinajstić information content (AvgIpc) is 2.63. The third-order valence-corrected chi connectivity index (χ3v) is 6.63. The predicted molar refractivity (Wildman–Crippen MR) is 110 cm³/mol. The van der Waals surface area contributed by atoms with E-state index < -0.39 is 0 Å². The fourth-order valence-corrected chi connectivity index (χ4v) is 3.46. The van der Waals surface area contributed by atoms with E-state index in [0.29, 0.717) is 26.6 Å². The van der Waals surface area contributed by atoms with Crippen LogP contribution < -0.4 is 9.64 Å². The van der Waals surface area contributed by atoms with Crippen molar-refractivity contribution in [2.45, 2.75) is 20.8 Å². The molecule has 0 heterocycles. The first kappa shape index (κ1) is 22.9. The second-order valence-corrected chi connectivity index (χ2v) is 8.22. The van der Waals surface area contributed by atoms with Crippen LogP contribution in [-0.4, -0.2) is 16.0 Å². The molecule has 0 amide bonds. The molecule has 0 aliphatic rings. The van der Waals surface area contributed by atoms with Gasteiger partial charge in [0, 0.05) is 0 Å². The van der Waals surface area contributed by atoms with E-state index in [4.69, 9.17) is 39.5 Å². The van der Waals surface area contributed by atoms with E-state index in [1.807, 2.05) is 19.9 Å². The van der Waals surface area contributed by atoms with Crippen molar-refractivity contribution in [2.75, 3.05) is 17.7 Å². The number of anilines is 1. The van der Waals surface area contributed by atoms with Gasteiger partial charge in [-0.1, -0.05) is 13.8 Å². The van der Waals surface area contributed by atoms with E-state index in [-0.39, 0.29) is 0 Å². The third-order valence-electron chi connectivity index (χ3n) is 3.01. The molecule has 0 saturated heterocycles. The van der Waals surface area contributed by atoms with Gasteiger partial charge in [0.25, 0.3) is 0 Å². The Balaban J connectivity index is 0.00000151. The Morgan fingerprint density at radius 1 is 1.20 bits per heavy atom. The summed E-state index contributed by atoms with van der Waals surface area (Å²) >= 11 is 21.9.